The number of hydrogen-bond donors (Lipinski definition) is 2. The molecule has 0 aliphatic rings. The number of ether oxygens (including phenoxy) is 1. The summed E-state index contributed by atoms with van der Waals surface area (Å²) in [6.45, 7) is -0.0317. The van der Waals surface area contributed by atoms with Crippen LogP contribution < -0.4 is 0 Å². The minimum absolute atomic E-state index is 0.0317. The van der Waals surface area contributed by atoms with Crippen LogP contribution in [-0.4, -0.2) is 28.8 Å². The summed E-state index contributed by atoms with van der Waals surface area (Å²) in [7, 11) is 0. The van der Waals surface area contributed by atoms with E-state index in [9.17, 15) is 9.59 Å². The van der Waals surface area contributed by atoms with Crippen molar-refractivity contribution in [3.63, 3.8) is 0 Å². The summed E-state index contributed by atoms with van der Waals surface area (Å²) in [5.41, 5.74) is 0.364. The van der Waals surface area contributed by atoms with E-state index < -0.39 is 11.9 Å². The molecule has 0 aromatic heterocycles. The van der Waals surface area contributed by atoms with Crippen molar-refractivity contribution in [1.82, 2.24) is 0 Å². The summed E-state index contributed by atoms with van der Waals surface area (Å²) in [6, 6.07) is 5.38. The molecule has 0 saturated heterocycles. The van der Waals surface area contributed by atoms with E-state index in [0.29, 0.717) is 0 Å². The van der Waals surface area contributed by atoms with Crippen molar-refractivity contribution in [2.75, 3.05) is 6.61 Å². The van der Waals surface area contributed by atoms with Crippen LogP contribution in [0.3, 0.4) is 0 Å². The summed E-state index contributed by atoms with van der Waals surface area (Å²) in [5.74, 6) is -1.63. The van der Waals surface area contributed by atoms with Crippen LogP contribution in [0.15, 0.2) is 36.6 Å². The zero-order valence-corrected chi connectivity index (χ0v) is 8.29. The Labute approximate surface area is 91.6 Å². The average molecular weight is 222 g/mol. The van der Waals surface area contributed by atoms with Gasteiger partial charge in [0, 0.05) is 0 Å². The van der Waals surface area contributed by atoms with Crippen molar-refractivity contribution < 1.29 is 24.5 Å². The number of carbonyl (C=O) groups is 2. The van der Waals surface area contributed by atoms with Gasteiger partial charge in [-0.2, -0.15) is 0 Å². The summed E-state index contributed by atoms with van der Waals surface area (Å²) in [5, 5.41) is 16.9. The molecule has 5 nitrogen and oxygen atoms in total. The largest absolute Gasteiger partial charge is 0.516 e. The van der Waals surface area contributed by atoms with Crippen LogP contribution in [0.1, 0.15) is 20.7 Å². The van der Waals surface area contributed by atoms with Gasteiger partial charge in [-0.25, -0.2) is 9.59 Å². The van der Waals surface area contributed by atoms with Crippen molar-refractivity contribution in [3.05, 3.63) is 47.7 Å². The van der Waals surface area contributed by atoms with Gasteiger partial charge in [0.05, 0.1) is 17.4 Å². The number of rotatable bonds is 4. The summed E-state index contributed by atoms with van der Waals surface area (Å²) in [6.07, 6.45) is 2.05. The molecule has 0 heterocycles. The predicted octanol–water partition coefficient (Wildman–Crippen LogP) is 1.61. The molecule has 0 bridgehead atoms. The molecule has 1 rings (SSSR count). The second-order valence-electron chi connectivity index (χ2n) is 2.87. The number of aromatic carboxylic acids is 1. The highest BCUT2D eigenvalue weighted by molar-refractivity contribution is 5.92. The number of carboxylic acids is 1. The maximum Gasteiger partial charge on any atom is 0.338 e. The van der Waals surface area contributed by atoms with Gasteiger partial charge >= 0.3 is 11.9 Å². The average Bonchev–Trinajstić information content (AvgIpc) is 2.29. The van der Waals surface area contributed by atoms with E-state index in [4.69, 9.17) is 14.9 Å². The van der Waals surface area contributed by atoms with Crippen molar-refractivity contribution in [3.8, 4) is 0 Å². The molecule has 0 aliphatic carbocycles. The lowest BCUT2D eigenvalue weighted by atomic mass is 10.1. The second-order valence-corrected chi connectivity index (χ2v) is 2.87. The molecule has 0 unspecified atom stereocenters. The lowest BCUT2D eigenvalue weighted by Gasteiger charge is -2.01. The SMILES string of the molecule is O=C(O)c1ccc(C(=O)OCC=CO)cc1. The number of benzene rings is 1. The molecule has 0 radical (unpaired) electrons. The van der Waals surface area contributed by atoms with Gasteiger partial charge in [-0.05, 0) is 30.3 Å². The molecule has 0 atom stereocenters. The van der Waals surface area contributed by atoms with Gasteiger partial charge in [0.25, 0.3) is 0 Å². The Bertz CT molecular complexity index is 405. The normalized spacial score (nSPS) is 10.2. The van der Waals surface area contributed by atoms with Gasteiger partial charge < -0.3 is 14.9 Å². The smallest absolute Gasteiger partial charge is 0.338 e. The molecule has 0 fully saturated rings. The number of aliphatic hydroxyl groups excluding tert-OH is 1. The van der Waals surface area contributed by atoms with Crippen LogP contribution in [-0.2, 0) is 4.74 Å². The van der Waals surface area contributed by atoms with E-state index in [1.807, 2.05) is 0 Å². The third-order valence-corrected chi connectivity index (χ3v) is 1.78. The van der Waals surface area contributed by atoms with Gasteiger partial charge in [-0.3, -0.25) is 0 Å². The molecule has 0 amide bonds. The van der Waals surface area contributed by atoms with Gasteiger partial charge in [0.15, 0.2) is 0 Å². The monoisotopic (exact) mass is 222 g/mol. The molecule has 0 saturated carbocycles. The van der Waals surface area contributed by atoms with Crippen LogP contribution in [0.4, 0.5) is 0 Å². The molecule has 0 spiro atoms. The van der Waals surface area contributed by atoms with Crippen molar-refractivity contribution >= 4 is 11.9 Å². The fourth-order valence-electron chi connectivity index (χ4n) is 0.999. The maximum absolute atomic E-state index is 11.3. The molecule has 1 aromatic rings. The van der Waals surface area contributed by atoms with Gasteiger partial charge in [-0.1, -0.05) is 0 Å². The molecular formula is C11H10O5. The Morgan fingerprint density at radius 2 is 1.75 bits per heavy atom. The first-order chi connectivity index (χ1) is 7.65. The van der Waals surface area contributed by atoms with Crippen LogP contribution in [0.25, 0.3) is 0 Å². The van der Waals surface area contributed by atoms with Crippen molar-refractivity contribution in [2.45, 2.75) is 0 Å². The van der Waals surface area contributed by atoms with Crippen LogP contribution in [0.5, 0.6) is 0 Å². The summed E-state index contributed by atoms with van der Waals surface area (Å²) < 4.78 is 4.74. The first kappa shape index (κ1) is 11.8. The number of hydrogen-bond acceptors (Lipinski definition) is 4. The summed E-state index contributed by atoms with van der Waals surface area (Å²) in [4.78, 5) is 21.9. The third kappa shape index (κ3) is 3.13. The van der Waals surface area contributed by atoms with E-state index in [-0.39, 0.29) is 17.7 Å². The second kappa shape index (κ2) is 5.55. The molecular weight excluding hydrogens is 212 g/mol. The Morgan fingerprint density at radius 1 is 1.19 bits per heavy atom. The van der Waals surface area contributed by atoms with E-state index in [1.165, 1.54) is 30.3 Å². The van der Waals surface area contributed by atoms with Crippen molar-refractivity contribution in [2.24, 2.45) is 0 Å². The van der Waals surface area contributed by atoms with Crippen LogP contribution in [0, 0.1) is 0 Å². The topological polar surface area (TPSA) is 83.8 Å². The third-order valence-electron chi connectivity index (χ3n) is 1.78. The molecule has 84 valence electrons. The minimum Gasteiger partial charge on any atom is -0.516 e. The molecule has 5 heteroatoms. The van der Waals surface area contributed by atoms with E-state index in [2.05, 4.69) is 0 Å². The fraction of sp³-hybridized carbons (Fsp3) is 0.0909. The number of aliphatic hydroxyl groups is 1. The first-order valence-corrected chi connectivity index (χ1v) is 4.45. The van der Waals surface area contributed by atoms with Crippen LogP contribution >= 0.6 is 0 Å². The lowest BCUT2D eigenvalue weighted by Crippen LogP contribution is -2.05. The van der Waals surface area contributed by atoms with Gasteiger partial charge in [0.1, 0.15) is 6.61 Å². The van der Waals surface area contributed by atoms with E-state index >= 15 is 0 Å². The molecule has 2 N–H and O–H groups in total. The first-order valence-electron chi connectivity index (χ1n) is 4.45. The fourth-order valence-corrected chi connectivity index (χ4v) is 0.999. The zero-order chi connectivity index (χ0) is 12.0. The lowest BCUT2D eigenvalue weighted by molar-refractivity contribution is 0.0547. The molecule has 0 aliphatic heterocycles. The number of carboxylic acid groups (broad SMARTS) is 1. The maximum atomic E-state index is 11.3. The highest BCUT2D eigenvalue weighted by atomic mass is 16.5. The number of carbonyl (C=O) groups excluding carboxylic acids is 1. The standard InChI is InChI=1S/C11H10O5/c12-6-1-7-16-11(15)9-4-2-8(3-5-9)10(13)14/h1-6,12H,7H2,(H,13,14). The number of esters is 1. The van der Waals surface area contributed by atoms with E-state index in [0.717, 1.165) is 6.26 Å². The van der Waals surface area contributed by atoms with Gasteiger partial charge in [0.2, 0.25) is 0 Å². The Hall–Kier alpha value is -2.30. The zero-order valence-electron chi connectivity index (χ0n) is 8.29. The highest BCUT2D eigenvalue weighted by Gasteiger charge is 2.07. The molecule has 1 aromatic carbocycles. The summed E-state index contributed by atoms with van der Waals surface area (Å²) >= 11 is 0. The Balaban J connectivity index is 2.66. The Kier molecular flexibility index (Phi) is 4.08. The van der Waals surface area contributed by atoms with Crippen molar-refractivity contribution in [1.29, 1.82) is 0 Å². The highest BCUT2D eigenvalue weighted by Crippen LogP contribution is 2.06. The molecule has 16 heavy (non-hydrogen) atoms. The van der Waals surface area contributed by atoms with Gasteiger partial charge in [-0.15, -0.1) is 0 Å². The van der Waals surface area contributed by atoms with Crippen LogP contribution in [0.2, 0.25) is 0 Å². The Morgan fingerprint density at radius 3 is 2.25 bits per heavy atom. The minimum atomic E-state index is -1.05. The predicted molar refractivity (Wildman–Crippen MR) is 55.5 cm³/mol. The quantitative estimate of drug-likeness (QED) is 0.597. The van der Waals surface area contributed by atoms with E-state index in [1.54, 1.807) is 0 Å².